The summed E-state index contributed by atoms with van der Waals surface area (Å²) in [7, 11) is 0. The SMILES string of the molecule is CCOc1cc(C2C3=C(CC(C)(C)CC3=O)N(C3CCCCC3)C3=C2C(=O)CC(C)(C)C3)cc(I)c1OCc1ccc(C)cc1. The molecule has 0 amide bonds. The van der Waals surface area contributed by atoms with E-state index >= 15 is 0 Å². The molecule has 1 aliphatic heterocycles. The van der Waals surface area contributed by atoms with Crippen molar-refractivity contribution in [2.24, 2.45) is 10.8 Å². The molecule has 1 heterocycles. The molecular formula is C39H48INO4. The summed E-state index contributed by atoms with van der Waals surface area (Å²) in [6, 6.07) is 12.9. The van der Waals surface area contributed by atoms with Crippen molar-refractivity contribution in [1.29, 1.82) is 0 Å². The van der Waals surface area contributed by atoms with Gasteiger partial charge in [0, 0.05) is 47.3 Å². The molecule has 0 bridgehead atoms. The van der Waals surface area contributed by atoms with E-state index in [1.54, 1.807) is 0 Å². The highest BCUT2D eigenvalue weighted by Crippen LogP contribution is 2.56. The summed E-state index contributed by atoms with van der Waals surface area (Å²) < 4.78 is 13.5. The van der Waals surface area contributed by atoms with E-state index in [-0.39, 0.29) is 28.3 Å². The standard InChI is InChI=1S/C39H48INO4/c1-7-44-33-18-26(17-28(40)37(33)45-23-25-15-13-24(2)14-16-25)34-35-29(19-38(3,4)21-31(35)42)41(27-11-9-8-10-12-27)30-20-39(5,6)22-32(43)36(30)34/h13-18,27,34H,7-12,19-23H2,1-6H3. The maximum Gasteiger partial charge on any atom is 0.174 e. The second-order valence-electron chi connectivity index (χ2n) is 15.2. The largest absolute Gasteiger partial charge is 0.490 e. The number of benzene rings is 2. The van der Waals surface area contributed by atoms with Gasteiger partial charge in [0.05, 0.1) is 10.2 Å². The van der Waals surface area contributed by atoms with Crippen molar-refractivity contribution in [1.82, 2.24) is 4.90 Å². The first-order valence-electron chi connectivity index (χ1n) is 16.8. The Bertz CT molecular complexity index is 1500. The maximum atomic E-state index is 14.3. The van der Waals surface area contributed by atoms with Gasteiger partial charge in [0.15, 0.2) is 23.1 Å². The Labute approximate surface area is 283 Å². The number of halogens is 1. The summed E-state index contributed by atoms with van der Waals surface area (Å²) in [5.41, 5.74) is 7.04. The van der Waals surface area contributed by atoms with Crippen LogP contribution in [0.5, 0.6) is 11.5 Å². The van der Waals surface area contributed by atoms with Crippen LogP contribution < -0.4 is 9.47 Å². The van der Waals surface area contributed by atoms with Gasteiger partial charge in [-0.2, -0.15) is 0 Å². The Balaban J connectivity index is 1.51. The smallest absolute Gasteiger partial charge is 0.174 e. The van der Waals surface area contributed by atoms with Crippen LogP contribution in [-0.2, 0) is 16.2 Å². The number of rotatable bonds is 7. The van der Waals surface area contributed by atoms with E-state index < -0.39 is 0 Å². The monoisotopic (exact) mass is 721 g/mol. The highest BCUT2D eigenvalue weighted by Gasteiger charge is 2.50. The molecule has 2 aromatic rings. The average molecular weight is 722 g/mol. The summed E-state index contributed by atoms with van der Waals surface area (Å²) in [6.07, 6.45) is 8.57. The fraction of sp³-hybridized carbons (Fsp3) is 0.538. The lowest BCUT2D eigenvalue weighted by Crippen LogP contribution is -2.48. The van der Waals surface area contributed by atoms with E-state index in [2.05, 4.69) is 92.4 Å². The van der Waals surface area contributed by atoms with Gasteiger partial charge in [0.25, 0.3) is 0 Å². The van der Waals surface area contributed by atoms with Crippen LogP contribution in [0.3, 0.4) is 0 Å². The first-order chi connectivity index (χ1) is 21.4. The fourth-order valence-electron chi connectivity index (χ4n) is 8.11. The van der Waals surface area contributed by atoms with Crippen molar-refractivity contribution in [3.63, 3.8) is 0 Å². The highest BCUT2D eigenvalue weighted by atomic mass is 127. The highest BCUT2D eigenvalue weighted by molar-refractivity contribution is 14.1. The molecule has 4 aliphatic rings. The van der Waals surface area contributed by atoms with Gasteiger partial charge in [0.2, 0.25) is 0 Å². The molecule has 0 unspecified atom stereocenters. The zero-order valence-corrected chi connectivity index (χ0v) is 30.0. The van der Waals surface area contributed by atoms with Gasteiger partial charge in [-0.15, -0.1) is 0 Å². The number of allylic oxidation sites excluding steroid dienone is 4. The van der Waals surface area contributed by atoms with Crippen LogP contribution in [0.1, 0.15) is 115 Å². The van der Waals surface area contributed by atoms with Gasteiger partial charge < -0.3 is 14.4 Å². The Morgan fingerprint density at radius 3 is 1.96 bits per heavy atom. The summed E-state index contributed by atoms with van der Waals surface area (Å²) in [6.45, 7) is 13.9. The molecule has 6 heteroatoms. The molecule has 0 saturated heterocycles. The molecule has 0 aromatic heterocycles. The van der Waals surface area contributed by atoms with E-state index in [1.807, 2.05) is 13.0 Å². The normalized spacial score (nSPS) is 22.0. The number of hydrogen-bond donors (Lipinski definition) is 0. The van der Waals surface area contributed by atoms with Gasteiger partial charge in [-0.25, -0.2) is 0 Å². The lowest BCUT2D eigenvalue weighted by atomic mass is 9.63. The minimum absolute atomic E-state index is 0.127. The Morgan fingerprint density at radius 2 is 1.40 bits per heavy atom. The summed E-state index contributed by atoms with van der Waals surface area (Å²) in [5, 5.41) is 0. The second-order valence-corrected chi connectivity index (χ2v) is 16.4. The summed E-state index contributed by atoms with van der Waals surface area (Å²) in [4.78, 5) is 31.2. The van der Waals surface area contributed by atoms with Crippen molar-refractivity contribution in [3.05, 3.63) is 79.2 Å². The first-order valence-corrected chi connectivity index (χ1v) is 17.9. The molecule has 5 nitrogen and oxygen atoms in total. The van der Waals surface area contributed by atoms with Crippen LogP contribution >= 0.6 is 22.6 Å². The van der Waals surface area contributed by atoms with Crippen molar-refractivity contribution < 1.29 is 19.1 Å². The van der Waals surface area contributed by atoms with E-state index in [1.165, 1.54) is 36.2 Å². The number of ether oxygens (including phenoxy) is 2. The van der Waals surface area contributed by atoms with Crippen LogP contribution in [0.25, 0.3) is 0 Å². The molecule has 6 rings (SSSR count). The summed E-state index contributed by atoms with van der Waals surface area (Å²) >= 11 is 2.33. The molecular weight excluding hydrogens is 673 g/mol. The van der Waals surface area contributed by atoms with Crippen LogP contribution in [-0.4, -0.2) is 29.1 Å². The predicted molar refractivity (Wildman–Crippen MR) is 187 cm³/mol. The lowest BCUT2D eigenvalue weighted by Gasteiger charge is -2.52. The van der Waals surface area contributed by atoms with Crippen LogP contribution in [0.2, 0.25) is 0 Å². The van der Waals surface area contributed by atoms with Gasteiger partial charge in [-0.3, -0.25) is 9.59 Å². The van der Waals surface area contributed by atoms with Crippen LogP contribution in [0.15, 0.2) is 58.9 Å². The van der Waals surface area contributed by atoms with Gasteiger partial charge in [0.1, 0.15) is 6.61 Å². The number of aryl methyl sites for hydroxylation is 1. The van der Waals surface area contributed by atoms with Crippen molar-refractivity contribution in [2.75, 3.05) is 6.61 Å². The van der Waals surface area contributed by atoms with Gasteiger partial charge in [-0.1, -0.05) is 76.8 Å². The molecule has 1 saturated carbocycles. The third kappa shape index (κ3) is 6.50. The molecule has 1 fully saturated rings. The number of nitrogens with zero attached hydrogens (tertiary/aromatic N) is 1. The molecule has 240 valence electrons. The number of ketones is 2. The zero-order chi connectivity index (χ0) is 32.1. The lowest BCUT2D eigenvalue weighted by molar-refractivity contribution is -0.119. The second kappa shape index (κ2) is 12.5. The van der Waals surface area contributed by atoms with Crippen LogP contribution in [0.4, 0.5) is 0 Å². The predicted octanol–water partition coefficient (Wildman–Crippen LogP) is 9.60. The van der Waals surface area contributed by atoms with E-state index in [0.29, 0.717) is 43.6 Å². The van der Waals surface area contributed by atoms with Crippen molar-refractivity contribution in [2.45, 2.75) is 118 Å². The number of carbonyl (C=O) groups excluding carboxylic acids is 2. The minimum atomic E-state index is -0.388. The molecule has 0 atom stereocenters. The number of carbonyl (C=O) groups is 2. The average Bonchev–Trinajstić information content (AvgIpc) is 2.96. The minimum Gasteiger partial charge on any atom is -0.490 e. The molecule has 3 aliphatic carbocycles. The zero-order valence-electron chi connectivity index (χ0n) is 27.9. The molecule has 0 spiro atoms. The van der Waals surface area contributed by atoms with E-state index in [4.69, 9.17) is 9.47 Å². The van der Waals surface area contributed by atoms with Gasteiger partial charge in [-0.05, 0) is 96.2 Å². The van der Waals surface area contributed by atoms with E-state index in [0.717, 1.165) is 51.5 Å². The Kier molecular flexibility index (Phi) is 9.01. The third-order valence-corrected chi connectivity index (χ3v) is 10.9. The number of hydrogen-bond acceptors (Lipinski definition) is 5. The third-order valence-electron chi connectivity index (χ3n) is 10.1. The first kappa shape index (κ1) is 32.3. The Hall–Kier alpha value is -2.61. The van der Waals surface area contributed by atoms with Crippen LogP contribution in [0, 0.1) is 21.3 Å². The van der Waals surface area contributed by atoms with Gasteiger partial charge >= 0.3 is 0 Å². The van der Waals surface area contributed by atoms with Crippen molar-refractivity contribution >= 4 is 34.2 Å². The van der Waals surface area contributed by atoms with E-state index in [9.17, 15) is 9.59 Å². The fourth-order valence-corrected chi connectivity index (χ4v) is 8.89. The maximum absolute atomic E-state index is 14.3. The quantitative estimate of drug-likeness (QED) is 0.267. The molecule has 0 radical (unpaired) electrons. The molecule has 45 heavy (non-hydrogen) atoms. The van der Waals surface area contributed by atoms with Crippen molar-refractivity contribution in [3.8, 4) is 11.5 Å². The topological polar surface area (TPSA) is 55.8 Å². The Morgan fingerprint density at radius 1 is 0.822 bits per heavy atom. The molecule has 0 N–H and O–H groups in total. The number of Topliss-reactive ketones (excluding diaryl/α,β-unsaturated/α-hetero) is 2. The summed E-state index contributed by atoms with van der Waals surface area (Å²) in [5.74, 6) is 1.35. The molecule has 2 aromatic carbocycles.